The molecule has 0 spiro atoms. The van der Waals surface area contributed by atoms with Crippen molar-refractivity contribution in [3.8, 4) is 0 Å². The molecule has 0 radical (unpaired) electrons. The van der Waals surface area contributed by atoms with E-state index in [1.165, 1.54) is 16.0 Å². The molecule has 2 rings (SSSR count). The van der Waals surface area contributed by atoms with Crippen molar-refractivity contribution in [2.45, 2.75) is 51.3 Å². The molecule has 1 N–H and O–H groups in total. The summed E-state index contributed by atoms with van der Waals surface area (Å²) in [5, 5.41) is 3.17. The maximum absolute atomic E-state index is 12.5. The number of benzene rings is 2. The summed E-state index contributed by atoms with van der Waals surface area (Å²) in [4.78, 5) is 13.7. The Balaban J connectivity index is 1.94. The van der Waals surface area contributed by atoms with Crippen LogP contribution < -0.4 is 5.32 Å². The van der Waals surface area contributed by atoms with Crippen LogP contribution in [0.25, 0.3) is 0 Å². The smallest absolute Gasteiger partial charge is 0.251 e. The van der Waals surface area contributed by atoms with Crippen LogP contribution in [0.5, 0.6) is 0 Å². The first-order valence-electron chi connectivity index (χ1n) is 8.96. The van der Waals surface area contributed by atoms with Crippen LogP contribution in [-0.2, 0) is 5.75 Å². The van der Waals surface area contributed by atoms with Gasteiger partial charge >= 0.3 is 0 Å². The van der Waals surface area contributed by atoms with Crippen molar-refractivity contribution < 1.29 is 4.79 Å². The minimum absolute atomic E-state index is 0.0186. The Morgan fingerprint density at radius 3 is 2.00 bits per heavy atom. The van der Waals surface area contributed by atoms with Crippen LogP contribution in [0.15, 0.2) is 53.4 Å². The first kappa shape index (κ1) is 19.6. The van der Waals surface area contributed by atoms with Crippen molar-refractivity contribution in [2.75, 3.05) is 0 Å². The van der Waals surface area contributed by atoms with Crippen molar-refractivity contribution in [1.29, 1.82) is 0 Å². The zero-order chi connectivity index (χ0) is 18.4. The van der Waals surface area contributed by atoms with E-state index >= 15 is 0 Å². The zero-order valence-corrected chi connectivity index (χ0v) is 16.7. The first-order chi connectivity index (χ1) is 11.9. The summed E-state index contributed by atoms with van der Waals surface area (Å²) < 4.78 is 0. The Bertz CT molecular complexity index is 666. The Kier molecular flexibility index (Phi) is 7.12. The maximum atomic E-state index is 12.5. The van der Waals surface area contributed by atoms with E-state index in [0.29, 0.717) is 11.8 Å². The van der Waals surface area contributed by atoms with Gasteiger partial charge < -0.3 is 5.32 Å². The third-order valence-corrected chi connectivity index (χ3v) is 5.46. The molecule has 3 heteroatoms. The third-order valence-electron chi connectivity index (χ3n) is 4.38. The molecule has 2 aromatic rings. The largest absolute Gasteiger partial charge is 0.349 e. The summed E-state index contributed by atoms with van der Waals surface area (Å²) in [6.45, 7) is 10.7. The summed E-state index contributed by atoms with van der Waals surface area (Å²) in [6.07, 6.45) is 0. The third kappa shape index (κ3) is 5.93. The average Bonchev–Trinajstić information content (AvgIpc) is 2.59. The Labute approximate surface area is 156 Å². The predicted octanol–water partition coefficient (Wildman–Crippen LogP) is 5.70. The summed E-state index contributed by atoms with van der Waals surface area (Å²) in [7, 11) is 0. The second-order valence-corrected chi connectivity index (χ2v) is 8.33. The fourth-order valence-corrected chi connectivity index (χ4v) is 3.75. The number of carbonyl (C=O) groups excluding carboxylic acids is 1. The van der Waals surface area contributed by atoms with E-state index in [9.17, 15) is 4.79 Å². The molecule has 0 bridgehead atoms. The van der Waals surface area contributed by atoms with E-state index in [2.05, 4.69) is 76.3 Å². The van der Waals surface area contributed by atoms with Gasteiger partial charge in [-0.05, 0) is 48.6 Å². The lowest BCUT2D eigenvalue weighted by Gasteiger charge is -2.26. The molecule has 0 aliphatic rings. The predicted molar refractivity (Wildman–Crippen MR) is 108 cm³/mol. The van der Waals surface area contributed by atoms with Gasteiger partial charge in [-0.15, -0.1) is 11.8 Å². The molecule has 25 heavy (non-hydrogen) atoms. The molecule has 1 amide bonds. The first-order valence-corrected chi connectivity index (χ1v) is 9.94. The molecule has 0 saturated heterocycles. The molecule has 0 heterocycles. The molecule has 2 aromatic carbocycles. The van der Waals surface area contributed by atoms with E-state index in [1.807, 2.05) is 23.9 Å². The van der Waals surface area contributed by atoms with Gasteiger partial charge in [-0.3, -0.25) is 4.79 Å². The van der Waals surface area contributed by atoms with E-state index in [1.54, 1.807) is 0 Å². The monoisotopic (exact) mass is 355 g/mol. The van der Waals surface area contributed by atoms with E-state index in [-0.39, 0.29) is 11.9 Å². The van der Waals surface area contributed by atoms with Gasteiger partial charge in [0.1, 0.15) is 0 Å². The summed E-state index contributed by atoms with van der Waals surface area (Å²) >= 11 is 1.81. The fraction of sp³-hybridized carbons (Fsp3) is 0.409. The Morgan fingerprint density at radius 1 is 0.920 bits per heavy atom. The van der Waals surface area contributed by atoms with Gasteiger partial charge in [0.25, 0.3) is 5.91 Å². The molecular weight excluding hydrogens is 326 g/mol. The van der Waals surface area contributed by atoms with Gasteiger partial charge in [0.2, 0.25) is 0 Å². The number of aryl methyl sites for hydroxylation is 1. The van der Waals surface area contributed by atoms with Gasteiger partial charge in [0.05, 0.1) is 0 Å². The van der Waals surface area contributed by atoms with Crippen LogP contribution in [0.4, 0.5) is 0 Å². The molecule has 2 nitrogen and oxygen atoms in total. The Hall–Kier alpha value is -1.74. The zero-order valence-electron chi connectivity index (χ0n) is 15.9. The molecule has 0 aliphatic carbocycles. The molecule has 0 aromatic heterocycles. The molecular formula is C22H29NOS. The topological polar surface area (TPSA) is 29.1 Å². The van der Waals surface area contributed by atoms with Gasteiger partial charge in [-0.1, -0.05) is 57.5 Å². The van der Waals surface area contributed by atoms with Crippen molar-refractivity contribution in [2.24, 2.45) is 11.8 Å². The number of amides is 1. The van der Waals surface area contributed by atoms with Crippen LogP contribution in [0, 0.1) is 18.8 Å². The SMILES string of the molecule is Cc1ccc(SCc2ccc(C(=O)NC(C(C)C)C(C)C)cc2)cc1. The van der Waals surface area contributed by atoms with Crippen molar-refractivity contribution in [1.82, 2.24) is 5.32 Å². The second kappa shape index (κ2) is 9.10. The van der Waals surface area contributed by atoms with Crippen LogP contribution in [0.1, 0.15) is 49.2 Å². The lowest BCUT2D eigenvalue weighted by molar-refractivity contribution is 0.0910. The van der Waals surface area contributed by atoms with Gasteiger partial charge in [-0.2, -0.15) is 0 Å². The quantitative estimate of drug-likeness (QED) is 0.646. The highest BCUT2D eigenvalue weighted by molar-refractivity contribution is 7.98. The molecule has 134 valence electrons. The number of rotatable bonds is 7. The number of nitrogens with one attached hydrogen (secondary N) is 1. The molecule has 0 atom stereocenters. The van der Waals surface area contributed by atoms with Crippen LogP contribution in [0.2, 0.25) is 0 Å². The second-order valence-electron chi connectivity index (χ2n) is 7.29. The van der Waals surface area contributed by atoms with Gasteiger partial charge in [0, 0.05) is 22.3 Å². The number of hydrogen-bond donors (Lipinski definition) is 1. The minimum Gasteiger partial charge on any atom is -0.349 e. The summed E-state index contributed by atoms with van der Waals surface area (Å²) in [5.41, 5.74) is 3.24. The normalized spacial score (nSPS) is 11.4. The molecule has 0 unspecified atom stereocenters. The molecule has 0 fully saturated rings. The van der Waals surface area contributed by atoms with E-state index in [0.717, 1.165) is 11.3 Å². The van der Waals surface area contributed by atoms with E-state index in [4.69, 9.17) is 0 Å². The van der Waals surface area contributed by atoms with Crippen molar-refractivity contribution in [3.05, 3.63) is 65.2 Å². The van der Waals surface area contributed by atoms with Crippen LogP contribution >= 0.6 is 11.8 Å². The fourth-order valence-electron chi connectivity index (χ4n) is 2.89. The standard InChI is InChI=1S/C22H29NOS/c1-15(2)21(16(3)4)23-22(24)19-10-8-18(9-11-19)14-25-20-12-6-17(5)7-13-20/h6-13,15-16,21H,14H2,1-5H3,(H,23,24). The van der Waals surface area contributed by atoms with Gasteiger partial charge in [0.15, 0.2) is 0 Å². The summed E-state index contributed by atoms with van der Waals surface area (Å²) in [6, 6.07) is 16.7. The highest BCUT2D eigenvalue weighted by Crippen LogP contribution is 2.23. The maximum Gasteiger partial charge on any atom is 0.251 e. The molecule has 0 saturated carbocycles. The number of carbonyl (C=O) groups is 1. The molecule has 0 aliphatic heterocycles. The number of thioether (sulfide) groups is 1. The highest BCUT2D eigenvalue weighted by atomic mass is 32.2. The minimum atomic E-state index is 0.0186. The van der Waals surface area contributed by atoms with Crippen molar-refractivity contribution >= 4 is 17.7 Å². The number of hydrogen-bond acceptors (Lipinski definition) is 2. The Morgan fingerprint density at radius 2 is 1.48 bits per heavy atom. The van der Waals surface area contributed by atoms with E-state index < -0.39 is 0 Å². The van der Waals surface area contributed by atoms with Gasteiger partial charge in [-0.25, -0.2) is 0 Å². The van der Waals surface area contributed by atoms with Crippen molar-refractivity contribution in [3.63, 3.8) is 0 Å². The van der Waals surface area contributed by atoms with Crippen LogP contribution in [-0.4, -0.2) is 11.9 Å². The lowest BCUT2D eigenvalue weighted by Crippen LogP contribution is -2.42. The lowest BCUT2D eigenvalue weighted by atomic mass is 9.93. The highest BCUT2D eigenvalue weighted by Gasteiger charge is 2.20. The summed E-state index contributed by atoms with van der Waals surface area (Å²) in [5.74, 6) is 1.78. The van der Waals surface area contributed by atoms with Crippen LogP contribution in [0.3, 0.4) is 0 Å². The average molecular weight is 356 g/mol.